The largest absolute Gasteiger partial charge is 0.493 e. The fourth-order valence-electron chi connectivity index (χ4n) is 2.76. The highest BCUT2D eigenvalue weighted by molar-refractivity contribution is 7.15. The molecule has 0 aliphatic rings. The number of methoxy groups -OCH3 is 1. The summed E-state index contributed by atoms with van der Waals surface area (Å²) in [6.45, 7) is 4.63. The van der Waals surface area contributed by atoms with Crippen LogP contribution >= 0.6 is 11.3 Å². The Bertz CT molecular complexity index is 890. The molecule has 2 heterocycles. The van der Waals surface area contributed by atoms with Crippen LogP contribution in [0, 0.1) is 6.92 Å². The van der Waals surface area contributed by atoms with Gasteiger partial charge in [0.2, 0.25) is 0 Å². The molecule has 0 saturated carbocycles. The van der Waals surface area contributed by atoms with Crippen LogP contribution < -0.4 is 15.4 Å². The van der Waals surface area contributed by atoms with Crippen molar-refractivity contribution in [3.8, 4) is 5.75 Å². The minimum Gasteiger partial charge on any atom is -0.493 e. The highest BCUT2D eigenvalue weighted by atomic mass is 32.1. The third-order valence-corrected chi connectivity index (χ3v) is 4.99. The van der Waals surface area contributed by atoms with Crippen LogP contribution in [-0.2, 0) is 17.8 Å². The van der Waals surface area contributed by atoms with Crippen molar-refractivity contribution in [1.29, 1.82) is 0 Å². The van der Waals surface area contributed by atoms with Crippen LogP contribution in [0.25, 0.3) is 4.96 Å². The average molecular weight is 402 g/mol. The number of guanidine groups is 1. The summed E-state index contributed by atoms with van der Waals surface area (Å²) in [7, 11) is 3.46. The number of fused-ring (bicyclic) bond motifs is 1. The van der Waals surface area contributed by atoms with E-state index in [0.29, 0.717) is 26.3 Å². The highest BCUT2D eigenvalue weighted by Gasteiger charge is 2.07. The molecule has 3 aromatic rings. The van der Waals surface area contributed by atoms with E-state index in [4.69, 9.17) is 9.47 Å². The van der Waals surface area contributed by atoms with Crippen molar-refractivity contribution in [1.82, 2.24) is 20.0 Å². The van der Waals surface area contributed by atoms with E-state index in [-0.39, 0.29) is 0 Å². The van der Waals surface area contributed by atoms with Gasteiger partial charge in [0.15, 0.2) is 10.9 Å². The van der Waals surface area contributed by atoms with E-state index in [2.05, 4.69) is 45.7 Å². The van der Waals surface area contributed by atoms with E-state index in [1.54, 1.807) is 25.5 Å². The number of aryl methyl sites for hydroxylation is 1. The predicted molar refractivity (Wildman–Crippen MR) is 113 cm³/mol. The molecule has 7 nitrogen and oxygen atoms in total. The van der Waals surface area contributed by atoms with Crippen LogP contribution in [0.15, 0.2) is 41.0 Å². The fourth-order valence-corrected chi connectivity index (χ4v) is 3.48. The van der Waals surface area contributed by atoms with Crippen molar-refractivity contribution < 1.29 is 9.47 Å². The number of rotatable bonds is 9. The molecule has 0 amide bonds. The fraction of sp³-hybridized carbons (Fsp3) is 0.400. The van der Waals surface area contributed by atoms with Gasteiger partial charge in [-0.15, -0.1) is 11.3 Å². The first-order valence-electron chi connectivity index (χ1n) is 9.26. The van der Waals surface area contributed by atoms with Crippen molar-refractivity contribution >= 4 is 22.3 Å². The van der Waals surface area contributed by atoms with E-state index in [1.165, 1.54) is 5.56 Å². The first-order valence-corrected chi connectivity index (χ1v) is 10.1. The zero-order valence-corrected chi connectivity index (χ0v) is 17.4. The van der Waals surface area contributed by atoms with Crippen LogP contribution in [0.4, 0.5) is 0 Å². The van der Waals surface area contributed by atoms with Crippen molar-refractivity contribution in [2.75, 3.05) is 27.4 Å². The lowest BCUT2D eigenvalue weighted by molar-refractivity contribution is 0.171. The Labute approximate surface area is 169 Å². The quantitative estimate of drug-likeness (QED) is 0.328. The normalized spacial score (nSPS) is 11.8. The zero-order valence-electron chi connectivity index (χ0n) is 16.6. The van der Waals surface area contributed by atoms with Crippen molar-refractivity contribution in [3.63, 3.8) is 0 Å². The number of ether oxygens (including phenoxy) is 2. The number of nitrogens with zero attached hydrogens (tertiary/aromatic N) is 3. The average Bonchev–Trinajstić information content (AvgIpc) is 3.28. The van der Waals surface area contributed by atoms with Gasteiger partial charge >= 0.3 is 0 Å². The van der Waals surface area contributed by atoms with Gasteiger partial charge in [0.1, 0.15) is 5.75 Å². The Balaban J connectivity index is 1.54. The van der Waals surface area contributed by atoms with Crippen LogP contribution in [0.5, 0.6) is 5.75 Å². The standard InChI is InChI=1S/C20H27N5O2S/c1-15-5-6-16(18(11-15)27-9-4-8-26-3)12-22-19(21-2)23-13-17-14-25-7-10-28-20(25)24-17/h5-7,10-11,14H,4,8-9,12-13H2,1-3H3,(H2,21,22,23). The molecular formula is C20H27N5O2S. The number of nitrogens with one attached hydrogen (secondary N) is 2. The second-order valence-electron chi connectivity index (χ2n) is 6.41. The van der Waals surface area contributed by atoms with Gasteiger partial charge in [-0.25, -0.2) is 4.98 Å². The number of hydrogen-bond acceptors (Lipinski definition) is 5. The summed E-state index contributed by atoms with van der Waals surface area (Å²) >= 11 is 1.62. The summed E-state index contributed by atoms with van der Waals surface area (Å²) in [5.74, 6) is 1.62. The minimum atomic E-state index is 0.613. The van der Waals surface area contributed by atoms with Gasteiger partial charge in [-0.2, -0.15) is 0 Å². The van der Waals surface area contributed by atoms with Crippen molar-refractivity contribution in [2.45, 2.75) is 26.4 Å². The van der Waals surface area contributed by atoms with Gasteiger partial charge in [0.05, 0.1) is 18.8 Å². The third kappa shape index (κ3) is 5.46. The topological polar surface area (TPSA) is 72.2 Å². The first-order chi connectivity index (χ1) is 13.7. The summed E-state index contributed by atoms with van der Waals surface area (Å²) in [6.07, 6.45) is 4.90. The molecule has 3 rings (SSSR count). The van der Waals surface area contributed by atoms with Gasteiger partial charge < -0.3 is 20.1 Å². The van der Waals surface area contributed by atoms with Gasteiger partial charge in [0.25, 0.3) is 0 Å². The van der Waals surface area contributed by atoms with Gasteiger partial charge in [-0.3, -0.25) is 9.39 Å². The van der Waals surface area contributed by atoms with E-state index >= 15 is 0 Å². The van der Waals surface area contributed by atoms with E-state index < -0.39 is 0 Å². The number of aromatic nitrogens is 2. The first kappa shape index (κ1) is 20.2. The van der Waals surface area contributed by atoms with Gasteiger partial charge in [-0.05, 0) is 18.6 Å². The second-order valence-corrected chi connectivity index (χ2v) is 7.28. The number of benzene rings is 1. The van der Waals surface area contributed by atoms with Crippen LogP contribution in [0.2, 0.25) is 0 Å². The lowest BCUT2D eigenvalue weighted by atomic mass is 10.1. The lowest BCUT2D eigenvalue weighted by Gasteiger charge is -2.15. The maximum absolute atomic E-state index is 5.95. The molecule has 0 spiro atoms. The number of aliphatic imine (C=N–C) groups is 1. The maximum atomic E-state index is 5.95. The molecule has 1 aromatic carbocycles. The SMILES string of the molecule is CN=C(NCc1cn2ccsc2n1)NCc1ccc(C)cc1OCCCOC. The molecule has 0 aliphatic heterocycles. The molecule has 0 aliphatic carbocycles. The molecule has 2 N–H and O–H groups in total. The van der Waals surface area contributed by atoms with E-state index in [0.717, 1.165) is 34.3 Å². The summed E-state index contributed by atoms with van der Waals surface area (Å²) in [4.78, 5) is 9.87. The molecular weight excluding hydrogens is 374 g/mol. The second kappa shape index (κ2) is 10.1. The van der Waals surface area contributed by atoms with Crippen molar-refractivity contribution in [3.05, 3.63) is 52.8 Å². The maximum Gasteiger partial charge on any atom is 0.193 e. The number of imidazole rings is 1. The molecule has 0 radical (unpaired) electrons. The molecule has 150 valence electrons. The van der Waals surface area contributed by atoms with E-state index in [9.17, 15) is 0 Å². The van der Waals surface area contributed by atoms with Gasteiger partial charge in [0, 0.05) is 57.1 Å². The molecule has 0 unspecified atom stereocenters. The molecule has 0 atom stereocenters. The Kier molecular flexibility index (Phi) is 7.27. The monoisotopic (exact) mass is 401 g/mol. The van der Waals surface area contributed by atoms with E-state index in [1.807, 2.05) is 22.2 Å². The lowest BCUT2D eigenvalue weighted by Crippen LogP contribution is -2.36. The molecule has 28 heavy (non-hydrogen) atoms. The summed E-state index contributed by atoms with van der Waals surface area (Å²) in [6, 6.07) is 6.25. The Morgan fingerprint density at radius 1 is 1.25 bits per heavy atom. The van der Waals surface area contributed by atoms with Crippen LogP contribution in [-0.4, -0.2) is 42.7 Å². The smallest absolute Gasteiger partial charge is 0.193 e. The summed E-state index contributed by atoms with van der Waals surface area (Å²) in [5.41, 5.74) is 3.24. The third-order valence-electron chi connectivity index (χ3n) is 4.22. The Hall–Kier alpha value is -2.58. The molecule has 0 fully saturated rings. The zero-order chi connectivity index (χ0) is 19.8. The van der Waals surface area contributed by atoms with Crippen molar-refractivity contribution in [2.24, 2.45) is 4.99 Å². The Morgan fingerprint density at radius 2 is 2.11 bits per heavy atom. The molecule has 8 heteroatoms. The predicted octanol–water partition coefficient (Wildman–Crippen LogP) is 2.98. The number of hydrogen-bond donors (Lipinski definition) is 2. The highest BCUT2D eigenvalue weighted by Crippen LogP contribution is 2.20. The molecule has 2 aromatic heterocycles. The molecule has 0 saturated heterocycles. The minimum absolute atomic E-state index is 0.613. The Morgan fingerprint density at radius 3 is 2.89 bits per heavy atom. The summed E-state index contributed by atoms with van der Waals surface area (Å²) < 4.78 is 13.1. The van der Waals surface area contributed by atoms with Crippen LogP contribution in [0.3, 0.4) is 0 Å². The van der Waals surface area contributed by atoms with Crippen LogP contribution in [0.1, 0.15) is 23.2 Å². The number of thiazole rings is 1. The molecule has 0 bridgehead atoms. The van der Waals surface area contributed by atoms with Gasteiger partial charge in [-0.1, -0.05) is 12.1 Å². The summed E-state index contributed by atoms with van der Waals surface area (Å²) in [5, 5.41) is 8.68.